The van der Waals surface area contributed by atoms with E-state index in [1.165, 1.54) is 0 Å². The maximum Gasteiger partial charge on any atom is 0.315 e. The molecule has 3 rings (SSSR count). The zero-order chi connectivity index (χ0) is 20.4. The monoisotopic (exact) mass is 391 g/mol. The van der Waals surface area contributed by atoms with Crippen molar-refractivity contribution in [3.8, 4) is 0 Å². The fraction of sp³-hybridized carbons (Fsp3) is 0.750. The minimum atomic E-state index is -0.863. The van der Waals surface area contributed by atoms with Crippen LogP contribution in [0.1, 0.15) is 70.3 Å². The molecule has 2 fully saturated rings. The van der Waals surface area contributed by atoms with Gasteiger partial charge in [0.05, 0.1) is 12.0 Å². The molecule has 1 saturated heterocycles. The van der Waals surface area contributed by atoms with Crippen molar-refractivity contribution in [2.75, 3.05) is 13.1 Å². The highest BCUT2D eigenvalue weighted by molar-refractivity contribution is 5.81. The Morgan fingerprint density at radius 2 is 1.93 bits per heavy atom. The molecule has 0 unspecified atom stereocenters. The molecule has 4 N–H and O–H groups in total. The van der Waals surface area contributed by atoms with E-state index >= 15 is 0 Å². The van der Waals surface area contributed by atoms with Crippen LogP contribution in [0.25, 0.3) is 0 Å². The lowest BCUT2D eigenvalue weighted by molar-refractivity contribution is -0.137. The minimum Gasteiger partial charge on any atom is -0.392 e. The molecule has 4 atom stereocenters. The van der Waals surface area contributed by atoms with Crippen molar-refractivity contribution in [3.05, 3.63) is 17.7 Å². The Labute approximate surface area is 166 Å². The minimum absolute atomic E-state index is 0.00602. The van der Waals surface area contributed by atoms with E-state index in [1.54, 1.807) is 6.20 Å². The highest BCUT2D eigenvalue weighted by Gasteiger charge is 2.49. The summed E-state index contributed by atoms with van der Waals surface area (Å²) in [7, 11) is 0. The van der Waals surface area contributed by atoms with Crippen molar-refractivity contribution < 1.29 is 14.7 Å². The van der Waals surface area contributed by atoms with Crippen molar-refractivity contribution in [2.45, 2.75) is 77.0 Å². The standard InChI is InChI=1S/C20H33N5O3/c1-11(2)18-21-10-15(23-18)16-14(24-20(28)22-12(3)4)9-13(17(16)26)19(27)25-7-5-6-8-25/h10-14,16-17,26H,5-9H2,1-4H3,(H,21,23)(H2,22,24,28)/t13-,14+,16+,17+/m0/s1. The van der Waals surface area contributed by atoms with Gasteiger partial charge in [-0.25, -0.2) is 9.78 Å². The van der Waals surface area contributed by atoms with Gasteiger partial charge in [-0.2, -0.15) is 0 Å². The summed E-state index contributed by atoms with van der Waals surface area (Å²) >= 11 is 0. The zero-order valence-corrected chi connectivity index (χ0v) is 17.2. The first kappa shape index (κ1) is 20.6. The Hall–Kier alpha value is -2.09. The van der Waals surface area contributed by atoms with Gasteiger partial charge in [-0.05, 0) is 33.1 Å². The summed E-state index contributed by atoms with van der Waals surface area (Å²) in [4.78, 5) is 34.8. The average molecular weight is 392 g/mol. The Bertz CT molecular complexity index is 696. The highest BCUT2D eigenvalue weighted by Crippen LogP contribution is 2.40. The van der Waals surface area contributed by atoms with Gasteiger partial charge in [-0.1, -0.05) is 13.8 Å². The lowest BCUT2D eigenvalue weighted by atomic mass is 9.96. The number of nitrogens with one attached hydrogen (secondary N) is 3. The van der Waals surface area contributed by atoms with E-state index in [1.807, 2.05) is 32.6 Å². The van der Waals surface area contributed by atoms with Crippen molar-refractivity contribution in [1.29, 1.82) is 0 Å². The van der Waals surface area contributed by atoms with Crippen LogP contribution in [0.15, 0.2) is 6.20 Å². The van der Waals surface area contributed by atoms with Crippen LogP contribution < -0.4 is 10.6 Å². The first-order valence-electron chi connectivity index (χ1n) is 10.4. The number of carbonyl (C=O) groups is 2. The van der Waals surface area contributed by atoms with Crippen LogP contribution in [-0.4, -0.2) is 63.2 Å². The Kier molecular flexibility index (Phi) is 6.27. The van der Waals surface area contributed by atoms with Crippen LogP contribution in [0.5, 0.6) is 0 Å². The summed E-state index contributed by atoms with van der Waals surface area (Å²) in [6, 6.07) is -0.618. The second-order valence-corrected chi connectivity index (χ2v) is 8.65. The first-order valence-corrected chi connectivity index (χ1v) is 10.4. The summed E-state index contributed by atoms with van der Waals surface area (Å²) < 4.78 is 0. The van der Waals surface area contributed by atoms with Gasteiger partial charge in [-0.3, -0.25) is 4.79 Å². The fourth-order valence-electron chi connectivity index (χ4n) is 4.30. The summed E-state index contributed by atoms with van der Waals surface area (Å²) in [6.45, 7) is 9.37. The zero-order valence-electron chi connectivity index (χ0n) is 17.2. The number of aromatic nitrogens is 2. The number of hydrogen-bond acceptors (Lipinski definition) is 4. The quantitative estimate of drug-likeness (QED) is 0.612. The van der Waals surface area contributed by atoms with Gasteiger partial charge in [0.15, 0.2) is 0 Å². The van der Waals surface area contributed by atoms with Crippen molar-refractivity contribution in [1.82, 2.24) is 25.5 Å². The molecule has 8 heteroatoms. The number of H-pyrrole nitrogens is 1. The largest absolute Gasteiger partial charge is 0.392 e. The molecule has 0 spiro atoms. The maximum atomic E-state index is 13.0. The number of hydrogen-bond donors (Lipinski definition) is 4. The lowest BCUT2D eigenvalue weighted by Gasteiger charge is -2.24. The van der Waals surface area contributed by atoms with Gasteiger partial charge in [0.2, 0.25) is 5.91 Å². The number of imidazole rings is 1. The highest BCUT2D eigenvalue weighted by atomic mass is 16.3. The summed E-state index contributed by atoms with van der Waals surface area (Å²) in [5.41, 5.74) is 0.766. The number of nitrogens with zero attached hydrogens (tertiary/aromatic N) is 2. The van der Waals surface area contributed by atoms with Gasteiger partial charge in [0.1, 0.15) is 5.82 Å². The average Bonchev–Trinajstić information content (AvgIpc) is 3.33. The van der Waals surface area contributed by atoms with Gasteiger partial charge >= 0.3 is 6.03 Å². The SMILES string of the molecule is CC(C)NC(=O)N[C@@H]1C[C@H](C(=O)N2CCCC2)[C@@H](O)[C@H]1c1cnc(C(C)C)[nH]1. The van der Waals surface area contributed by atoms with E-state index in [2.05, 4.69) is 20.6 Å². The maximum absolute atomic E-state index is 13.0. The third-order valence-corrected chi connectivity index (χ3v) is 5.71. The number of aliphatic hydroxyl groups excluding tert-OH is 1. The van der Waals surface area contributed by atoms with Gasteiger partial charge in [-0.15, -0.1) is 0 Å². The molecular formula is C20H33N5O3. The van der Waals surface area contributed by atoms with Crippen LogP contribution >= 0.6 is 0 Å². The molecule has 0 bridgehead atoms. The fourth-order valence-corrected chi connectivity index (χ4v) is 4.30. The molecule has 3 amide bonds. The van der Waals surface area contributed by atoms with Crippen LogP contribution in [0.3, 0.4) is 0 Å². The Balaban J connectivity index is 1.82. The van der Waals surface area contributed by atoms with Crippen LogP contribution in [-0.2, 0) is 4.79 Å². The molecule has 1 aliphatic carbocycles. The molecule has 1 aromatic heterocycles. The molecule has 1 aliphatic heterocycles. The van der Waals surface area contributed by atoms with E-state index in [4.69, 9.17) is 0 Å². The second-order valence-electron chi connectivity index (χ2n) is 8.65. The summed E-state index contributed by atoms with van der Waals surface area (Å²) in [6.07, 6.45) is 3.30. The molecule has 2 heterocycles. The van der Waals surface area contributed by atoms with E-state index in [0.29, 0.717) is 6.42 Å². The van der Waals surface area contributed by atoms with E-state index in [9.17, 15) is 14.7 Å². The van der Waals surface area contributed by atoms with Gasteiger partial charge < -0.3 is 25.6 Å². The molecule has 1 saturated carbocycles. The van der Waals surface area contributed by atoms with Crippen molar-refractivity contribution >= 4 is 11.9 Å². The Morgan fingerprint density at radius 3 is 2.50 bits per heavy atom. The number of aromatic amines is 1. The summed E-state index contributed by atoms with van der Waals surface area (Å²) in [5.74, 6) is 0.145. The molecule has 1 aromatic rings. The molecule has 28 heavy (non-hydrogen) atoms. The summed E-state index contributed by atoms with van der Waals surface area (Å²) in [5, 5.41) is 16.9. The first-order chi connectivity index (χ1) is 13.3. The van der Waals surface area contributed by atoms with Gasteiger partial charge in [0, 0.05) is 48.9 Å². The third-order valence-electron chi connectivity index (χ3n) is 5.71. The van der Waals surface area contributed by atoms with Crippen LogP contribution in [0.2, 0.25) is 0 Å². The lowest BCUT2D eigenvalue weighted by Crippen LogP contribution is -2.46. The van der Waals surface area contributed by atoms with E-state index in [0.717, 1.165) is 37.4 Å². The molecule has 8 nitrogen and oxygen atoms in total. The van der Waals surface area contributed by atoms with Crippen LogP contribution in [0, 0.1) is 5.92 Å². The van der Waals surface area contributed by atoms with Crippen LogP contribution in [0.4, 0.5) is 4.79 Å². The van der Waals surface area contributed by atoms with E-state index in [-0.39, 0.29) is 29.9 Å². The van der Waals surface area contributed by atoms with Crippen molar-refractivity contribution in [2.24, 2.45) is 5.92 Å². The normalized spacial score (nSPS) is 27.6. The number of aliphatic hydroxyl groups is 1. The number of urea groups is 1. The predicted molar refractivity (Wildman–Crippen MR) is 106 cm³/mol. The number of likely N-dealkylation sites (tertiary alicyclic amines) is 1. The van der Waals surface area contributed by atoms with Gasteiger partial charge in [0.25, 0.3) is 0 Å². The molecule has 2 aliphatic rings. The number of carbonyl (C=O) groups excluding carboxylic acids is 2. The smallest absolute Gasteiger partial charge is 0.315 e. The predicted octanol–water partition coefficient (Wildman–Crippen LogP) is 1.70. The second kappa shape index (κ2) is 8.51. The topological polar surface area (TPSA) is 110 Å². The molecule has 156 valence electrons. The third kappa shape index (κ3) is 4.32. The molecular weight excluding hydrogens is 358 g/mol. The molecule has 0 aromatic carbocycles. The number of rotatable bonds is 5. The van der Waals surface area contributed by atoms with E-state index < -0.39 is 17.9 Å². The number of amides is 3. The van der Waals surface area contributed by atoms with Crippen molar-refractivity contribution in [3.63, 3.8) is 0 Å². The molecule has 0 radical (unpaired) electrons. The Morgan fingerprint density at radius 1 is 1.25 bits per heavy atom.